The van der Waals surface area contributed by atoms with Crippen LogP contribution in [0.4, 0.5) is 0 Å². The van der Waals surface area contributed by atoms with Gasteiger partial charge in [-0.3, -0.25) is 0 Å². The number of hydrogen-bond acceptors (Lipinski definition) is 2. The Balaban J connectivity index is 2.00. The van der Waals surface area contributed by atoms with Crippen LogP contribution >= 0.6 is 0 Å². The number of hydrogen-bond donors (Lipinski definition) is 0. The molecule has 1 aromatic rings. The molecule has 0 amide bonds. The van der Waals surface area contributed by atoms with Crippen molar-refractivity contribution in [2.24, 2.45) is 5.41 Å². The summed E-state index contributed by atoms with van der Waals surface area (Å²) in [6.45, 7) is 12.4. The van der Waals surface area contributed by atoms with Crippen molar-refractivity contribution in [3.05, 3.63) is 51.7 Å². The molecule has 3 rings (SSSR count). The van der Waals surface area contributed by atoms with Gasteiger partial charge in [0.25, 0.3) is 0 Å². The summed E-state index contributed by atoms with van der Waals surface area (Å²) >= 11 is 0. The summed E-state index contributed by atoms with van der Waals surface area (Å²) in [7, 11) is 2.27. The first-order valence-electron chi connectivity index (χ1n) is 10.8. The number of ether oxygens (including phenoxy) is 2. The van der Waals surface area contributed by atoms with Crippen LogP contribution in [0.3, 0.4) is 0 Å². The fourth-order valence-electron chi connectivity index (χ4n) is 5.41. The molecule has 0 N–H and O–H groups in total. The van der Waals surface area contributed by atoms with Crippen LogP contribution in [0.2, 0.25) is 19.6 Å². The number of allylic oxidation sites excluding steroid dienone is 3. The topological polar surface area (TPSA) is 18.5 Å². The maximum Gasteiger partial charge on any atom is 0.119 e. The first-order chi connectivity index (χ1) is 13.2. The van der Waals surface area contributed by atoms with Crippen LogP contribution < -0.4 is 4.74 Å². The highest BCUT2D eigenvalue weighted by Gasteiger charge is 2.46. The van der Waals surface area contributed by atoms with Crippen LogP contribution in [-0.4, -0.2) is 28.4 Å². The third kappa shape index (κ3) is 4.16. The summed E-state index contributed by atoms with van der Waals surface area (Å²) < 4.78 is 11.3. The zero-order valence-corrected chi connectivity index (χ0v) is 19.9. The van der Waals surface area contributed by atoms with Crippen molar-refractivity contribution in [1.82, 2.24) is 0 Å². The molecule has 1 fully saturated rings. The Morgan fingerprint density at radius 1 is 1.11 bits per heavy atom. The predicted octanol–water partition coefficient (Wildman–Crippen LogP) is 6.73. The van der Waals surface area contributed by atoms with Gasteiger partial charge in [0.1, 0.15) is 5.75 Å². The second-order valence-electron chi connectivity index (χ2n) is 9.87. The lowest BCUT2D eigenvalue weighted by atomic mass is 9.72. The summed E-state index contributed by atoms with van der Waals surface area (Å²) in [5.74, 6) is 0.956. The molecule has 0 aromatic heterocycles. The van der Waals surface area contributed by atoms with E-state index >= 15 is 0 Å². The molecule has 0 heterocycles. The maximum atomic E-state index is 5.84. The molecule has 2 aliphatic rings. The van der Waals surface area contributed by atoms with Gasteiger partial charge in [0.05, 0.1) is 21.3 Å². The van der Waals surface area contributed by atoms with Gasteiger partial charge in [-0.25, -0.2) is 0 Å². The van der Waals surface area contributed by atoms with E-state index in [2.05, 4.69) is 51.7 Å². The van der Waals surface area contributed by atoms with Crippen molar-refractivity contribution in [1.29, 1.82) is 0 Å². The van der Waals surface area contributed by atoms with E-state index in [-0.39, 0.29) is 0 Å². The largest absolute Gasteiger partial charge is 0.497 e. The van der Waals surface area contributed by atoms with E-state index in [0.29, 0.717) is 11.5 Å². The SMILES string of the molecule is CCC1=C([Si](C)(C)C)CC2(C)C[C@H](OC)CC2=C1CCc1cccc(OC)c1. The minimum atomic E-state index is -1.36. The van der Waals surface area contributed by atoms with E-state index in [9.17, 15) is 0 Å². The quantitative estimate of drug-likeness (QED) is 0.474. The molecule has 2 atom stereocenters. The Hall–Kier alpha value is -1.32. The zero-order chi connectivity index (χ0) is 20.5. The predicted molar refractivity (Wildman–Crippen MR) is 122 cm³/mol. The van der Waals surface area contributed by atoms with Gasteiger partial charge in [-0.1, -0.05) is 56.4 Å². The van der Waals surface area contributed by atoms with Gasteiger partial charge in [0, 0.05) is 7.11 Å². The average molecular weight is 399 g/mol. The van der Waals surface area contributed by atoms with E-state index in [4.69, 9.17) is 9.47 Å². The fourth-order valence-corrected chi connectivity index (χ4v) is 7.56. The molecule has 28 heavy (non-hydrogen) atoms. The van der Waals surface area contributed by atoms with Gasteiger partial charge < -0.3 is 9.47 Å². The normalized spacial score (nSPS) is 25.3. The van der Waals surface area contributed by atoms with Gasteiger partial charge >= 0.3 is 0 Å². The molecular formula is C25H38O2Si. The van der Waals surface area contributed by atoms with Crippen molar-refractivity contribution < 1.29 is 9.47 Å². The number of fused-ring (bicyclic) bond motifs is 1. The highest BCUT2D eigenvalue weighted by atomic mass is 28.3. The van der Waals surface area contributed by atoms with Crippen LogP contribution in [-0.2, 0) is 11.2 Å². The van der Waals surface area contributed by atoms with Crippen molar-refractivity contribution in [2.45, 2.75) is 78.1 Å². The lowest BCUT2D eigenvalue weighted by Gasteiger charge is -2.40. The summed E-state index contributed by atoms with van der Waals surface area (Å²) in [4.78, 5) is 0. The fraction of sp³-hybridized carbons (Fsp3) is 0.600. The zero-order valence-electron chi connectivity index (χ0n) is 18.9. The van der Waals surface area contributed by atoms with Crippen LogP contribution in [0.5, 0.6) is 5.75 Å². The lowest BCUT2D eigenvalue weighted by molar-refractivity contribution is 0.0975. The minimum absolute atomic E-state index is 0.290. The van der Waals surface area contributed by atoms with Gasteiger partial charge in [0.15, 0.2) is 0 Å². The highest BCUT2D eigenvalue weighted by Crippen LogP contribution is 2.56. The lowest BCUT2D eigenvalue weighted by Crippen LogP contribution is -2.34. The third-order valence-corrected chi connectivity index (χ3v) is 9.18. The van der Waals surface area contributed by atoms with E-state index in [1.54, 1.807) is 29.0 Å². The minimum Gasteiger partial charge on any atom is -0.497 e. The first-order valence-corrected chi connectivity index (χ1v) is 14.3. The van der Waals surface area contributed by atoms with Crippen LogP contribution in [0, 0.1) is 5.41 Å². The Morgan fingerprint density at radius 3 is 2.46 bits per heavy atom. The molecule has 0 spiro atoms. The van der Waals surface area contributed by atoms with Crippen LogP contribution in [0.25, 0.3) is 0 Å². The number of aryl methyl sites for hydroxylation is 1. The first kappa shape index (κ1) is 21.4. The molecule has 1 saturated carbocycles. The van der Waals surface area contributed by atoms with E-state index in [1.807, 2.05) is 13.2 Å². The summed E-state index contributed by atoms with van der Waals surface area (Å²) in [5.41, 5.74) is 6.70. The van der Waals surface area contributed by atoms with E-state index in [0.717, 1.165) is 31.4 Å². The van der Waals surface area contributed by atoms with Crippen molar-refractivity contribution in [2.75, 3.05) is 14.2 Å². The molecule has 0 bridgehead atoms. The van der Waals surface area contributed by atoms with E-state index in [1.165, 1.54) is 18.4 Å². The molecule has 2 aliphatic carbocycles. The van der Waals surface area contributed by atoms with Gasteiger partial charge in [-0.15, -0.1) is 0 Å². The van der Waals surface area contributed by atoms with Crippen molar-refractivity contribution in [3.8, 4) is 5.75 Å². The van der Waals surface area contributed by atoms with Crippen molar-refractivity contribution >= 4 is 8.07 Å². The third-order valence-electron chi connectivity index (χ3n) is 6.89. The highest BCUT2D eigenvalue weighted by molar-refractivity contribution is 6.83. The average Bonchev–Trinajstić information content (AvgIpc) is 3.01. The summed E-state index contributed by atoms with van der Waals surface area (Å²) in [6, 6.07) is 8.56. The van der Waals surface area contributed by atoms with Gasteiger partial charge in [-0.05, 0) is 72.8 Å². The Morgan fingerprint density at radius 2 is 1.86 bits per heavy atom. The maximum absolute atomic E-state index is 5.84. The molecular weight excluding hydrogens is 360 g/mol. The molecule has 2 nitrogen and oxygen atoms in total. The summed E-state index contributed by atoms with van der Waals surface area (Å²) in [6.07, 6.45) is 7.28. The number of benzene rings is 1. The Labute approximate surface area is 173 Å². The molecule has 0 aliphatic heterocycles. The monoisotopic (exact) mass is 398 g/mol. The summed E-state index contributed by atoms with van der Waals surface area (Å²) in [5, 5.41) is 1.80. The Bertz CT molecular complexity index is 784. The molecule has 3 heteroatoms. The molecule has 1 aromatic carbocycles. The second kappa shape index (κ2) is 8.20. The van der Waals surface area contributed by atoms with Gasteiger partial charge in [-0.2, -0.15) is 0 Å². The molecule has 1 unspecified atom stereocenters. The standard InChI is InChI=1S/C25H38O2Si/c1-8-21-22(13-12-18-10-9-11-19(14-18)26-3)23-15-20(27-4)16-25(23,2)17-24(21)28(5,6)7/h9-11,14,20H,8,12-13,15-17H2,1-7H3/t20-,25?/m1/s1. The number of methoxy groups -OCH3 is 2. The van der Waals surface area contributed by atoms with E-state index < -0.39 is 8.07 Å². The van der Waals surface area contributed by atoms with Crippen molar-refractivity contribution in [3.63, 3.8) is 0 Å². The van der Waals surface area contributed by atoms with Crippen LogP contribution in [0.1, 0.15) is 51.5 Å². The molecule has 0 radical (unpaired) electrons. The second-order valence-corrected chi connectivity index (χ2v) is 15.0. The van der Waals surface area contributed by atoms with Crippen LogP contribution in [0.15, 0.2) is 46.2 Å². The Kier molecular flexibility index (Phi) is 6.26. The molecule has 0 saturated heterocycles. The van der Waals surface area contributed by atoms with Gasteiger partial charge in [0.2, 0.25) is 0 Å². The number of rotatable bonds is 7. The smallest absolute Gasteiger partial charge is 0.119 e. The molecule has 154 valence electrons.